The molecule has 1 atom stereocenters. The molecule has 0 bridgehead atoms. The van der Waals surface area contributed by atoms with E-state index in [1.165, 1.54) is 34.2 Å². The summed E-state index contributed by atoms with van der Waals surface area (Å²) >= 11 is 0. The number of halogens is 4. The van der Waals surface area contributed by atoms with Crippen LogP contribution in [0.1, 0.15) is 63.5 Å². The van der Waals surface area contributed by atoms with E-state index in [4.69, 9.17) is 16.9 Å². The molecule has 8 nitrogen and oxygen atoms in total. The van der Waals surface area contributed by atoms with E-state index in [-0.39, 0.29) is 105 Å². The molecule has 14 heteroatoms. The van der Waals surface area contributed by atoms with Gasteiger partial charge in [0.15, 0.2) is 22.7 Å². The largest absolute Gasteiger partial charge is 2.00 e. The van der Waals surface area contributed by atoms with Crippen molar-refractivity contribution in [2.45, 2.75) is 69.6 Å². The third-order valence-electron chi connectivity index (χ3n) is 7.11. The minimum absolute atomic E-state index is 0. The molecular formula is C37H37Cl2F2LiMgN6O2. The number of carbonyl (C=O) groups is 1. The predicted octanol–water partition coefficient (Wildman–Crippen LogP) is -0.0744. The van der Waals surface area contributed by atoms with Gasteiger partial charge in [-0.25, -0.2) is 18.7 Å². The van der Waals surface area contributed by atoms with Crippen LogP contribution < -0.4 is 31.3 Å². The van der Waals surface area contributed by atoms with Gasteiger partial charge in [-0.3, -0.25) is 4.79 Å². The molecule has 2 aromatic heterocycles. The Labute approximate surface area is 340 Å². The molecule has 258 valence electrons. The van der Waals surface area contributed by atoms with Crippen LogP contribution >= 0.6 is 12.4 Å². The molecule has 0 spiro atoms. The topological polar surface area (TPSA) is 121 Å². The summed E-state index contributed by atoms with van der Waals surface area (Å²) in [6, 6.07) is 22.6. The van der Waals surface area contributed by atoms with Crippen molar-refractivity contribution in [3.8, 4) is 36.3 Å². The zero-order valence-electron chi connectivity index (χ0n) is 29.8. The number of alkyl halides is 2. The molecule has 1 unspecified atom stereocenters. The Morgan fingerprint density at radius 2 is 1.39 bits per heavy atom. The molecule has 2 fully saturated rings. The number of nitrogens with zero attached hydrogens (tertiary/aromatic N) is 6. The first-order valence-corrected chi connectivity index (χ1v) is 14.8. The Kier molecular flexibility index (Phi) is 23.1. The Bertz CT molecular complexity index is 1830. The minimum Gasteiger partial charge on any atom is -1.00 e. The van der Waals surface area contributed by atoms with Gasteiger partial charge in [-0.2, -0.15) is 24.4 Å². The molecular weight excluding hydrogens is 701 g/mol. The Morgan fingerprint density at radius 3 is 1.80 bits per heavy atom. The van der Waals surface area contributed by atoms with E-state index in [1.807, 2.05) is 80.9 Å². The molecule has 1 N–H and O–H groups in total. The third-order valence-corrected chi connectivity index (χ3v) is 7.11. The summed E-state index contributed by atoms with van der Waals surface area (Å²) in [6.45, 7) is 3.78. The van der Waals surface area contributed by atoms with Gasteiger partial charge in [0.1, 0.15) is 23.5 Å². The van der Waals surface area contributed by atoms with Crippen LogP contribution in [0.25, 0.3) is 0 Å². The van der Waals surface area contributed by atoms with Gasteiger partial charge in [-0.15, -0.1) is 18.8 Å². The summed E-state index contributed by atoms with van der Waals surface area (Å²) in [7, 11) is 0. The van der Waals surface area contributed by atoms with Crippen molar-refractivity contribution in [3.05, 3.63) is 115 Å². The van der Waals surface area contributed by atoms with E-state index < -0.39 is 22.7 Å². The molecule has 2 aliphatic rings. The van der Waals surface area contributed by atoms with Crippen molar-refractivity contribution < 1.29 is 51.4 Å². The Balaban J connectivity index is -0.000000695. The number of hydrogen-bond acceptors (Lipinski definition) is 6. The second-order valence-electron chi connectivity index (χ2n) is 11.0. The van der Waals surface area contributed by atoms with Gasteiger partial charge in [0.2, 0.25) is 0 Å². The second-order valence-corrected chi connectivity index (χ2v) is 11.0. The van der Waals surface area contributed by atoms with E-state index in [0.29, 0.717) is 18.4 Å². The van der Waals surface area contributed by atoms with Gasteiger partial charge in [-0.1, -0.05) is 54.2 Å². The van der Waals surface area contributed by atoms with Crippen molar-refractivity contribution in [2.24, 2.45) is 0 Å². The molecule has 0 saturated heterocycles. The Morgan fingerprint density at radius 1 is 0.941 bits per heavy atom. The summed E-state index contributed by atoms with van der Waals surface area (Å²) in [5.74, 6) is 7.56. The number of hydrogen-bond donors (Lipinski definition) is 1. The first kappa shape index (κ1) is 49.5. The van der Waals surface area contributed by atoms with Gasteiger partial charge in [-0.05, 0) is 49.9 Å². The normalized spacial score (nSPS) is 14.0. The monoisotopic (exact) mass is 736 g/mol. The Hall–Kier alpha value is -3.61. The summed E-state index contributed by atoms with van der Waals surface area (Å²) in [4.78, 5) is 18.9. The zero-order valence-corrected chi connectivity index (χ0v) is 31.8. The number of ketones is 1. The van der Waals surface area contributed by atoms with E-state index in [0.717, 1.165) is 5.56 Å². The zero-order chi connectivity index (χ0) is 34.3. The maximum Gasteiger partial charge on any atom is 2.00 e. The van der Waals surface area contributed by atoms with Gasteiger partial charge in [0.25, 0.3) is 0 Å². The average molecular weight is 738 g/mol. The van der Waals surface area contributed by atoms with Crippen molar-refractivity contribution >= 4 is 41.2 Å². The third kappa shape index (κ3) is 14.9. The van der Waals surface area contributed by atoms with Crippen LogP contribution in [0.2, 0.25) is 0 Å². The molecule has 2 aromatic carbocycles. The molecule has 51 heavy (non-hydrogen) atoms. The van der Waals surface area contributed by atoms with E-state index in [9.17, 15) is 18.7 Å². The second kappa shape index (κ2) is 23.8. The van der Waals surface area contributed by atoms with Crippen LogP contribution in [0.5, 0.6) is 0 Å². The van der Waals surface area contributed by atoms with Crippen molar-refractivity contribution in [3.63, 3.8) is 0 Å². The van der Waals surface area contributed by atoms with Crippen LogP contribution in [0.4, 0.5) is 8.78 Å². The standard InChI is InChI=1S/C17H14FN3O.C9H8FN3O.C8H6.C3H7.2ClH.Li.Mg.H/c18-16(8-9-16)17(22,7-6-14-4-2-1-3-5-14)12-21-13-20-11-15(21)10-19;10-9(1-2-9)8(14)5-13-6-12-4-7(13)3-11;1-2-8-6-4-3-5-7-8;1-3-2;;;;;/h1-5,11,13,22H,8-9,12H2;4,6H,1-2,5H2;1,3-7H;3H,1-2H3;2*1H;;;/q;;;-1;;;+1;+2;-1/p-1. The summed E-state index contributed by atoms with van der Waals surface area (Å²) in [5.41, 5.74) is -3.01. The van der Waals surface area contributed by atoms with Crippen LogP contribution in [0, 0.1) is 53.3 Å². The van der Waals surface area contributed by atoms with E-state index in [1.54, 1.807) is 12.1 Å². The number of rotatable bonds is 6. The van der Waals surface area contributed by atoms with Crippen LogP contribution in [-0.2, 0) is 17.9 Å². The first-order chi connectivity index (χ1) is 22.6. The number of imidazole rings is 2. The molecule has 0 amide bonds. The quantitative estimate of drug-likeness (QED) is 0.168. The fraction of sp³-hybridized carbons (Fsp3) is 0.297. The summed E-state index contributed by atoms with van der Waals surface area (Å²) in [6.07, 6.45) is 13.7. The fourth-order valence-electron chi connectivity index (χ4n) is 4.06. The summed E-state index contributed by atoms with van der Waals surface area (Å²) < 4.78 is 30.7. The number of nitriles is 2. The van der Waals surface area contributed by atoms with Crippen molar-refractivity contribution in [2.75, 3.05) is 0 Å². The molecule has 6 rings (SSSR count). The number of carbonyl (C=O) groups excluding carboxylic acids is 1. The number of aromatic nitrogens is 4. The van der Waals surface area contributed by atoms with Gasteiger partial charge < -0.3 is 34.5 Å². The molecule has 4 aromatic rings. The summed E-state index contributed by atoms with van der Waals surface area (Å²) in [5, 5.41) is 28.4. The van der Waals surface area contributed by atoms with Gasteiger partial charge >= 0.3 is 41.9 Å². The van der Waals surface area contributed by atoms with E-state index >= 15 is 0 Å². The van der Waals surface area contributed by atoms with Gasteiger partial charge in [0, 0.05) is 11.1 Å². The first-order valence-electron chi connectivity index (χ1n) is 14.8. The molecule has 0 aliphatic heterocycles. The van der Waals surface area contributed by atoms with Gasteiger partial charge in [0.05, 0.1) is 38.1 Å². The van der Waals surface area contributed by atoms with Crippen LogP contribution in [0.3, 0.4) is 0 Å². The number of benzene rings is 2. The molecule has 2 saturated carbocycles. The smallest absolute Gasteiger partial charge is 1.00 e. The number of aliphatic hydroxyl groups is 1. The van der Waals surface area contributed by atoms with Crippen LogP contribution in [0.15, 0.2) is 85.7 Å². The minimum atomic E-state index is -1.84. The van der Waals surface area contributed by atoms with Crippen molar-refractivity contribution in [1.29, 1.82) is 10.5 Å². The average Bonchev–Trinajstić information content (AvgIpc) is 3.92. The fourth-order valence-corrected chi connectivity index (χ4v) is 4.06. The van der Waals surface area contributed by atoms with E-state index in [2.05, 4.69) is 27.7 Å². The number of Topliss-reactive ketones (excluding diaryl/α,β-unsaturated/α-hetero) is 1. The molecule has 0 radical (unpaired) electrons. The van der Waals surface area contributed by atoms with Crippen LogP contribution in [-0.4, -0.2) is 70.0 Å². The molecule has 2 heterocycles. The number of terminal acetylenes is 1. The predicted molar refractivity (Wildman–Crippen MR) is 187 cm³/mol. The maximum absolute atomic E-state index is 14.6. The SMILES string of the molecule is C#Cc1ccccc1.C[CH-]C.Cl.N#Cc1cncn1CC(=O)C1(F)CC1.N#Cc1cncn1CC(O)(C#Cc1ccccc1)C1(F)CC1.[Cl-].[H-].[Li+].[Mg+2]. The van der Waals surface area contributed by atoms with Crippen molar-refractivity contribution in [1.82, 2.24) is 19.1 Å². The maximum atomic E-state index is 14.6. The molecule has 2 aliphatic carbocycles.